The first-order valence-corrected chi connectivity index (χ1v) is 14.2. The van der Waals surface area contributed by atoms with E-state index in [9.17, 15) is 9.59 Å². The SMILES string of the molecule is CCC(C)OCC(COC1OC1C(C)(C)OCc1ccccc1)NC(C=O)CCCCNC(=O)OC(C)(C)C. The van der Waals surface area contributed by atoms with Crippen LogP contribution in [0.25, 0.3) is 0 Å². The first kappa shape index (κ1) is 33.2. The highest BCUT2D eigenvalue weighted by atomic mass is 16.8. The summed E-state index contributed by atoms with van der Waals surface area (Å²) in [6.45, 7) is 15.4. The number of carbonyl (C=O) groups excluding carboxylic acids is 2. The van der Waals surface area contributed by atoms with Crippen LogP contribution in [0, 0.1) is 0 Å². The van der Waals surface area contributed by atoms with Gasteiger partial charge in [0.05, 0.1) is 43.6 Å². The number of benzene rings is 1. The van der Waals surface area contributed by atoms with Crippen LogP contribution in [0.4, 0.5) is 4.79 Å². The zero-order valence-corrected chi connectivity index (χ0v) is 24.9. The summed E-state index contributed by atoms with van der Waals surface area (Å²) in [6, 6.07) is 9.52. The van der Waals surface area contributed by atoms with Gasteiger partial charge in [-0.1, -0.05) is 37.3 Å². The van der Waals surface area contributed by atoms with Gasteiger partial charge in [-0.15, -0.1) is 0 Å². The number of hydrogen-bond acceptors (Lipinski definition) is 8. The van der Waals surface area contributed by atoms with E-state index in [4.69, 9.17) is 23.7 Å². The van der Waals surface area contributed by atoms with Crippen molar-refractivity contribution in [2.45, 2.75) is 123 Å². The van der Waals surface area contributed by atoms with E-state index in [1.165, 1.54) is 0 Å². The zero-order chi connectivity index (χ0) is 28.9. The number of unbranched alkanes of at least 4 members (excludes halogenated alkanes) is 1. The summed E-state index contributed by atoms with van der Waals surface area (Å²) < 4.78 is 29.2. The molecule has 39 heavy (non-hydrogen) atoms. The maximum absolute atomic E-state index is 11.8. The van der Waals surface area contributed by atoms with Crippen LogP contribution in [-0.4, -0.2) is 73.9 Å². The van der Waals surface area contributed by atoms with Crippen LogP contribution in [0.1, 0.15) is 79.7 Å². The van der Waals surface area contributed by atoms with Crippen molar-refractivity contribution in [1.29, 1.82) is 0 Å². The fourth-order valence-electron chi connectivity index (χ4n) is 3.88. The highest BCUT2D eigenvalue weighted by molar-refractivity contribution is 5.67. The second-order valence-electron chi connectivity index (χ2n) is 11.7. The predicted octanol–water partition coefficient (Wildman–Crippen LogP) is 4.76. The molecule has 222 valence electrons. The number of rotatable bonds is 19. The van der Waals surface area contributed by atoms with Crippen molar-refractivity contribution in [1.82, 2.24) is 10.6 Å². The van der Waals surface area contributed by atoms with E-state index < -0.39 is 17.3 Å². The zero-order valence-electron chi connectivity index (χ0n) is 24.9. The number of amides is 1. The van der Waals surface area contributed by atoms with Gasteiger partial charge in [-0.05, 0) is 72.8 Å². The van der Waals surface area contributed by atoms with Crippen molar-refractivity contribution < 1.29 is 33.3 Å². The highest BCUT2D eigenvalue weighted by Crippen LogP contribution is 2.36. The molecule has 5 unspecified atom stereocenters. The Bertz CT molecular complexity index is 843. The Morgan fingerprint density at radius 1 is 1.10 bits per heavy atom. The van der Waals surface area contributed by atoms with Gasteiger partial charge in [-0.25, -0.2) is 4.79 Å². The molecular weight excluding hydrogens is 500 g/mol. The van der Waals surface area contributed by atoms with Crippen LogP contribution in [0.3, 0.4) is 0 Å². The molecule has 2 rings (SSSR count). The molecule has 1 aromatic rings. The van der Waals surface area contributed by atoms with E-state index >= 15 is 0 Å². The smallest absolute Gasteiger partial charge is 0.407 e. The Hall–Kier alpha value is -2.04. The third-order valence-electron chi connectivity index (χ3n) is 6.43. The van der Waals surface area contributed by atoms with E-state index in [0.717, 1.165) is 31.1 Å². The van der Waals surface area contributed by atoms with Crippen LogP contribution in [0.2, 0.25) is 0 Å². The number of ether oxygens (including phenoxy) is 5. The first-order valence-electron chi connectivity index (χ1n) is 14.2. The predicted molar refractivity (Wildman–Crippen MR) is 150 cm³/mol. The molecular formula is C30H50N2O7. The van der Waals surface area contributed by atoms with E-state index in [1.807, 2.05) is 71.9 Å². The summed E-state index contributed by atoms with van der Waals surface area (Å²) in [5.41, 5.74) is 0.0762. The van der Waals surface area contributed by atoms with Crippen LogP contribution in [0.5, 0.6) is 0 Å². The van der Waals surface area contributed by atoms with Crippen LogP contribution < -0.4 is 10.6 Å². The van der Waals surface area contributed by atoms with Crippen LogP contribution >= 0.6 is 0 Å². The monoisotopic (exact) mass is 550 g/mol. The van der Waals surface area contributed by atoms with Crippen molar-refractivity contribution in [2.24, 2.45) is 0 Å². The second-order valence-corrected chi connectivity index (χ2v) is 11.7. The molecule has 1 aliphatic rings. The Kier molecular flexibility index (Phi) is 13.8. The summed E-state index contributed by atoms with van der Waals surface area (Å²) in [6.07, 6.45) is 3.12. The molecule has 0 bridgehead atoms. The number of aldehydes is 1. The van der Waals surface area contributed by atoms with Gasteiger partial charge in [-0.3, -0.25) is 0 Å². The third kappa shape index (κ3) is 13.7. The standard InChI is InChI=1S/C30H50N2O7/c1-8-22(2)35-20-25(32-24(18-33)16-12-13-17-31-28(34)39-29(3,4)5)21-36-27-26(38-27)30(6,7)37-19-23-14-10-9-11-15-23/h9-11,14-15,18,22,24-27,32H,8,12-13,16-17,19-21H2,1-7H3,(H,31,34). The Labute approximate surface area is 234 Å². The number of epoxide rings is 1. The van der Waals surface area contributed by atoms with E-state index in [-0.39, 0.29) is 30.6 Å². The molecule has 0 spiro atoms. The van der Waals surface area contributed by atoms with Gasteiger partial charge < -0.3 is 39.1 Å². The van der Waals surface area contributed by atoms with Gasteiger partial charge in [0.1, 0.15) is 18.0 Å². The van der Waals surface area contributed by atoms with Crippen molar-refractivity contribution in [3.63, 3.8) is 0 Å². The lowest BCUT2D eigenvalue weighted by molar-refractivity contribution is -0.110. The molecule has 0 aromatic heterocycles. The lowest BCUT2D eigenvalue weighted by Gasteiger charge is -2.25. The summed E-state index contributed by atoms with van der Waals surface area (Å²) in [5, 5.41) is 6.13. The second kappa shape index (κ2) is 16.3. The minimum atomic E-state index is -0.526. The molecule has 0 saturated carbocycles. The molecule has 1 heterocycles. The Morgan fingerprint density at radius 2 is 1.82 bits per heavy atom. The fraction of sp³-hybridized carbons (Fsp3) is 0.733. The summed E-state index contributed by atoms with van der Waals surface area (Å²) in [7, 11) is 0. The van der Waals surface area contributed by atoms with Gasteiger partial charge in [-0.2, -0.15) is 0 Å². The van der Waals surface area contributed by atoms with Crippen molar-refractivity contribution >= 4 is 12.4 Å². The van der Waals surface area contributed by atoms with E-state index in [0.29, 0.717) is 32.8 Å². The van der Waals surface area contributed by atoms with Gasteiger partial charge in [0.15, 0.2) is 6.29 Å². The summed E-state index contributed by atoms with van der Waals surface area (Å²) >= 11 is 0. The lowest BCUT2D eigenvalue weighted by atomic mass is 10.1. The Balaban J connectivity index is 1.77. The number of hydrogen-bond donors (Lipinski definition) is 2. The topological polar surface area (TPSA) is 108 Å². The summed E-state index contributed by atoms with van der Waals surface area (Å²) in [4.78, 5) is 23.6. The van der Waals surface area contributed by atoms with Crippen LogP contribution in [0.15, 0.2) is 30.3 Å². The van der Waals surface area contributed by atoms with E-state index in [1.54, 1.807) is 0 Å². The normalized spacial score (nSPS) is 19.7. The van der Waals surface area contributed by atoms with E-state index in [2.05, 4.69) is 17.6 Å². The average Bonchev–Trinajstić information content (AvgIpc) is 3.68. The maximum atomic E-state index is 11.8. The Morgan fingerprint density at radius 3 is 2.46 bits per heavy atom. The number of carbonyl (C=O) groups is 2. The molecule has 0 radical (unpaired) electrons. The highest BCUT2D eigenvalue weighted by Gasteiger charge is 2.52. The maximum Gasteiger partial charge on any atom is 0.407 e. The van der Waals surface area contributed by atoms with Crippen molar-refractivity contribution in [2.75, 3.05) is 19.8 Å². The average molecular weight is 551 g/mol. The van der Waals surface area contributed by atoms with Crippen molar-refractivity contribution in [3.8, 4) is 0 Å². The molecule has 1 saturated heterocycles. The molecule has 1 aliphatic heterocycles. The van der Waals surface area contributed by atoms with Gasteiger partial charge >= 0.3 is 6.09 Å². The number of alkyl carbamates (subject to hydrolysis) is 1. The van der Waals surface area contributed by atoms with Gasteiger partial charge in [0.25, 0.3) is 0 Å². The first-order chi connectivity index (χ1) is 18.4. The largest absolute Gasteiger partial charge is 0.444 e. The minimum Gasteiger partial charge on any atom is -0.444 e. The number of nitrogens with one attached hydrogen (secondary N) is 2. The minimum absolute atomic E-state index is 0.109. The summed E-state index contributed by atoms with van der Waals surface area (Å²) in [5.74, 6) is 0. The van der Waals surface area contributed by atoms with Crippen LogP contribution in [-0.2, 0) is 35.1 Å². The fourth-order valence-corrected chi connectivity index (χ4v) is 3.88. The molecule has 9 nitrogen and oxygen atoms in total. The molecule has 1 amide bonds. The molecule has 2 N–H and O–H groups in total. The molecule has 1 fully saturated rings. The quantitative estimate of drug-likeness (QED) is 0.144. The molecule has 9 heteroatoms. The van der Waals surface area contributed by atoms with Crippen molar-refractivity contribution in [3.05, 3.63) is 35.9 Å². The van der Waals surface area contributed by atoms with Gasteiger partial charge in [0, 0.05) is 6.54 Å². The molecule has 5 atom stereocenters. The third-order valence-corrected chi connectivity index (χ3v) is 6.43. The lowest BCUT2D eigenvalue weighted by Crippen LogP contribution is -2.46. The molecule has 1 aromatic carbocycles. The molecule has 0 aliphatic carbocycles. The van der Waals surface area contributed by atoms with Gasteiger partial charge in [0.2, 0.25) is 0 Å².